The van der Waals surface area contributed by atoms with Crippen molar-refractivity contribution in [1.82, 2.24) is 10.3 Å². The highest BCUT2D eigenvalue weighted by Gasteiger charge is 1.94. The Kier molecular flexibility index (Phi) is 2.23. The van der Waals surface area contributed by atoms with Crippen LogP contribution in [0.2, 0.25) is 0 Å². The summed E-state index contributed by atoms with van der Waals surface area (Å²) < 4.78 is 0. The summed E-state index contributed by atoms with van der Waals surface area (Å²) in [6.07, 6.45) is 1.79. The van der Waals surface area contributed by atoms with Gasteiger partial charge in [0.25, 0.3) is 0 Å². The van der Waals surface area contributed by atoms with Gasteiger partial charge < -0.3 is 5.32 Å². The van der Waals surface area contributed by atoms with Crippen molar-refractivity contribution in [2.45, 2.75) is 6.54 Å². The first-order valence-electron chi connectivity index (χ1n) is 4.17. The van der Waals surface area contributed by atoms with Crippen molar-refractivity contribution < 1.29 is 0 Å². The summed E-state index contributed by atoms with van der Waals surface area (Å²) in [6.45, 7) is 0.685. The van der Waals surface area contributed by atoms with Gasteiger partial charge in [0.15, 0.2) is 0 Å². The Morgan fingerprint density at radius 3 is 3.08 bits per heavy atom. The molecule has 2 heteroatoms. The minimum absolute atomic E-state index is 0.685. The fourth-order valence-corrected chi connectivity index (χ4v) is 1.35. The molecule has 0 spiro atoms. The molecule has 0 fully saturated rings. The lowest BCUT2D eigenvalue weighted by atomic mass is 10.1. The Bertz CT molecular complexity index is 410. The van der Waals surface area contributed by atoms with Gasteiger partial charge in [-0.15, -0.1) is 0 Å². The molecular formula is C11H10N2. The molecular weight excluding hydrogens is 160 g/mol. The minimum Gasteiger partial charge on any atom is -0.307 e. The molecule has 1 aromatic carbocycles. The summed E-state index contributed by atoms with van der Waals surface area (Å²) in [7, 11) is 5.24. The van der Waals surface area contributed by atoms with Gasteiger partial charge in [0.05, 0.1) is 5.52 Å². The summed E-state index contributed by atoms with van der Waals surface area (Å²) in [5.41, 5.74) is 2.19. The SMILES string of the molecule is [CH]NCc1ccc2ncccc2c1. The number of aromatic nitrogens is 1. The first kappa shape index (κ1) is 8.20. The minimum atomic E-state index is 0.685. The number of rotatable bonds is 2. The Morgan fingerprint density at radius 1 is 1.31 bits per heavy atom. The molecule has 0 saturated heterocycles. The van der Waals surface area contributed by atoms with E-state index in [4.69, 9.17) is 7.05 Å². The van der Waals surface area contributed by atoms with Crippen LogP contribution in [0, 0.1) is 7.05 Å². The molecule has 0 aliphatic heterocycles. The quantitative estimate of drug-likeness (QED) is 0.697. The van der Waals surface area contributed by atoms with Crippen molar-refractivity contribution in [3.8, 4) is 0 Å². The summed E-state index contributed by atoms with van der Waals surface area (Å²) in [5, 5.41) is 3.78. The van der Waals surface area contributed by atoms with Crippen LogP contribution in [0.3, 0.4) is 0 Å². The zero-order chi connectivity index (χ0) is 9.10. The molecule has 2 aromatic rings. The molecule has 0 atom stereocenters. The summed E-state index contributed by atoms with van der Waals surface area (Å²) in [4.78, 5) is 4.23. The molecule has 0 aliphatic carbocycles. The number of nitrogens with one attached hydrogen (secondary N) is 1. The van der Waals surface area contributed by atoms with Crippen LogP contribution < -0.4 is 5.32 Å². The molecule has 1 aromatic heterocycles. The van der Waals surface area contributed by atoms with Crippen molar-refractivity contribution in [1.29, 1.82) is 0 Å². The van der Waals surface area contributed by atoms with Gasteiger partial charge in [-0.1, -0.05) is 12.1 Å². The zero-order valence-electron chi connectivity index (χ0n) is 7.20. The maximum absolute atomic E-state index is 5.24. The van der Waals surface area contributed by atoms with E-state index in [1.165, 1.54) is 5.56 Å². The van der Waals surface area contributed by atoms with Gasteiger partial charge in [-0.25, -0.2) is 0 Å². The summed E-state index contributed by atoms with van der Waals surface area (Å²) in [6, 6.07) is 10.1. The number of hydrogen-bond acceptors (Lipinski definition) is 2. The largest absolute Gasteiger partial charge is 0.307 e. The van der Waals surface area contributed by atoms with Crippen LogP contribution in [0.1, 0.15) is 5.56 Å². The van der Waals surface area contributed by atoms with Crippen molar-refractivity contribution in [3.05, 3.63) is 49.1 Å². The van der Waals surface area contributed by atoms with Crippen molar-refractivity contribution in [2.75, 3.05) is 0 Å². The standard InChI is InChI=1S/C11H10N2/c1-12-8-9-4-5-11-10(7-9)3-2-6-13-11/h1-7,12H,8H2. The van der Waals surface area contributed by atoms with E-state index in [1.807, 2.05) is 24.3 Å². The Morgan fingerprint density at radius 2 is 2.23 bits per heavy atom. The highest BCUT2D eigenvalue weighted by molar-refractivity contribution is 5.78. The second-order valence-corrected chi connectivity index (χ2v) is 2.91. The lowest BCUT2D eigenvalue weighted by Gasteiger charge is -2.01. The predicted molar refractivity (Wildman–Crippen MR) is 52.9 cm³/mol. The molecule has 1 heterocycles. The van der Waals surface area contributed by atoms with E-state index in [0.29, 0.717) is 6.54 Å². The van der Waals surface area contributed by atoms with Crippen molar-refractivity contribution in [3.63, 3.8) is 0 Å². The molecule has 64 valence electrons. The lowest BCUT2D eigenvalue weighted by molar-refractivity contribution is 0.868. The van der Waals surface area contributed by atoms with Crippen LogP contribution in [0.4, 0.5) is 0 Å². The van der Waals surface area contributed by atoms with Crippen LogP contribution in [0.25, 0.3) is 10.9 Å². The van der Waals surface area contributed by atoms with E-state index in [1.54, 1.807) is 6.20 Å². The zero-order valence-corrected chi connectivity index (χ0v) is 7.20. The molecule has 13 heavy (non-hydrogen) atoms. The molecule has 2 rings (SSSR count). The molecule has 0 saturated carbocycles. The highest BCUT2D eigenvalue weighted by Crippen LogP contribution is 2.12. The van der Waals surface area contributed by atoms with Gasteiger partial charge in [-0.3, -0.25) is 4.98 Å². The third-order valence-corrected chi connectivity index (χ3v) is 1.97. The van der Waals surface area contributed by atoms with E-state index in [2.05, 4.69) is 16.4 Å². The first-order chi connectivity index (χ1) is 6.40. The number of benzene rings is 1. The van der Waals surface area contributed by atoms with Gasteiger partial charge >= 0.3 is 0 Å². The van der Waals surface area contributed by atoms with E-state index < -0.39 is 0 Å². The lowest BCUT2D eigenvalue weighted by Crippen LogP contribution is -2.01. The number of nitrogens with zero attached hydrogens (tertiary/aromatic N) is 1. The smallest absolute Gasteiger partial charge is 0.0702 e. The van der Waals surface area contributed by atoms with E-state index >= 15 is 0 Å². The molecule has 0 unspecified atom stereocenters. The Balaban J connectivity index is 2.49. The third-order valence-electron chi connectivity index (χ3n) is 1.97. The van der Waals surface area contributed by atoms with Crippen LogP contribution in [0.5, 0.6) is 0 Å². The van der Waals surface area contributed by atoms with Crippen LogP contribution >= 0.6 is 0 Å². The average Bonchev–Trinajstić information content (AvgIpc) is 2.18. The van der Waals surface area contributed by atoms with Crippen LogP contribution in [0.15, 0.2) is 36.5 Å². The molecule has 2 radical (unpaired) electrons. The number of fused-ring (bicyclic) bond motifs is 1. The maximum Gasteiger partial charge on any atom is 0.0702 e. The fourth-order valence-electron chi connectivity index (χ4n) is 1.35. The predicted octanol–water partition coefficient (Wildman–Crippen LogP) is 1.99. The Hall–Kier alpha value is -1.41. The topological polar surface area (TPSA) is 24.9 Å². The summed E-state index contributed by atoms with van der Waals surface area (Å²) in [5.74, 6) is 0. The van der Waals surface area contributed by atoms with Crippen LogP contribution in [-0.4, -0.2) is 4.98 Å². The van der Waals surface area contributed by atoms with Crippen molar-refractivity contribution in [2.24, 2.45) is 0 Å². The van der Waals surface area contributed by atoms with Crippen molar-refractivity contribution >= 4 is 10.9 Å². The second kappa shape index (κ2) is 3.54. The van der Waals surface area contributed by atoms with E-state index in [0.717, 1.165) is 10.9 Å². The maximum atomic E-state index is 5.24. The van der Waals surface area contributed by atoms with Gasteiger partial charge in [-0.2, -0.15) is 0 Å². The molecule has 1 N–H and O–H groups in total. The third kappa shape index (κ3) is 1.68. The monoisotopic (exact) mass is 170 g/mol. The van der Waals surface area contributed by atoms with E-state index in [-0.39, 0.29) is 0 Å². The highest BCUT2D eigenvalue weighted by atomic mass is 14.8. The molecule has 0 aliphatic rings. The van der Waals surface area contributed by atoms with Gasteiger partial charge in [0.2, 0.25) is 0 Å². The summed E-state index contributed by atoms with van der Waals surface area (Å²) >= 11 is 0. The second-order valence-electron chi connectivity index (χ2n) is 2.91. The molecule has 0 amide bonds. The van der Waals surface area contributed by atoms with E-state index in [9.17, 15) is 0 Å². The Labute approximate surface area is 77.6 Å². The number of hydrogen-bond donors (Lipinski definition) is 1. The van der Waals surface area contributed by atoms with Gasteiger partial charge in [-0.05, 0) is 23.8 Å². The fraction of sp³-hybridized carbons (Fsp3) is 0.0909. The average molecular weight is 170 g/mol. The molecule has 2 nitrogen and oxygen atoms in total. The first-order valence-corrected chi connectivity index (χ1v) is 4.17. The normalized spacial score (nSPS) is 10.5. The van der Waals surface area contributed by atoms with Gasteiger partial charge in [0.1, 0.15) is 0 Å². The van der Waals surface area contributed by atoms with Gasteiger partial charge in [0, 0.05) is 25.2 Å². The number of pyridine rings is 1. The molecule has 0 bridgehead atoms. The van der Waals surface area contributed by atoms with Crippen LogP contribution in [-0.2, 0) is 6.54 Å².